The van der Waals surface area contributed by atoms with Gasteiger partial charge in [0.2, 0.25) is 5.75 Å². The third-order valence-electron chi connectivity index (χ3n) is 3.86. The highest BCUT2D eigenvalue weighted by molar-refractivity contribution is 5.90. The van der Waals surface area contributed by atoms with Crippen LogP contribution in [-0.2, 0) is 0 Å². The maximum absolute atomic E-state index is 12.2. The summed E-state index contributed by atoms with van der Waals surface area (Å²) < 4.78 is 15.8. The summed E-state index contributed by atoms with van der Waals surface area (Å²) in [6.07, 6.45) is 0. The summed E-state index contributed by atoms with van der Waals surface area (Å²) in [7, 11) is 4.59. The van der Waals surface area contributed by atoms with Gasteiger partial charge < -0.3 is 24.8 Å². The highest BCUT2D eigenvalue weighted by Crippen LogP contribution is 2.39. The van der Waals surface area contributed by atoms with Crippen molar-refractivity contribution in [3.63, 3.8) is 0 Å². The third-order valence-corrected chi connectivity index (χ3v) is 3.86. The van der Waals surface area contributed by atoms with Crippen LogP contribution in [0.1, 0.15) is 18.4 Å². The van der Waals surface area contributed by atoms with Crippen LogP contribution in [0.3, 0.4) is 0 Å². The van der Waals surface area contributed by atoms with Gasteiger partial charge in [0, 0.05) is 18.7 Å². The quantitative estimate of drug-likeness (QED) is 0.805. The monoisotopic (exact) mass is 344 g/mol. The molecule has 6 nitrogen and oxygen atoms in total. The highest BCUT2D eigenvalue weighted by Gasteiger charge is 2.15. The van der Waals surface area contributed by atoms with Gasteiger partial charge in [0.25, 0.3) is 0 Å². The highest BCUT2D eigenvalue weighted by atomic mass is 16.5. The lowest BCUT2D eigenvalue weighted by atomic mass is 10.0. The summed E-state index contributed by atoms with van der Waals surface area (Å²) in [5.74, 6) is 1.66. The molecule has 0 spiro atoms. The second kappa shape index (κ2) is 8.82. The molecule has 0 bridgehead atoms. The Balaban J connectivity index is 2.00. The molecule has 6 heteroatoms. The molecule has 0 aliphatic rings. The Morgan fingerprint density at radius 1 is 1.00 bits per heavy atom. The fraction of sp³-hybridized carbons (Fsp3) is 0.316. The number of nitrogens with one attached hydrogen (secondary N) is 2. The molecule has 2 aromatic carbocycles. The molecule has 2 amide bonds. The van der Waals surface area contributed by atoms with Crippen LogP contribution in [0, 0.1) is 0 Å². The summed E-state index contributed by atoms with van der Waals surface area (Å²) in [6, 6.07) is 13.1. The first-order valence-corrected chi connectivity index (χ1v) is 7.98. The molecule has 134 valence electrons. The van der Waals surface area contributed by atoms with Crippen molar-refractivity contribution in [2.24, 2.45) is 0 Å². The van der Waals surface area contributed by atoms with Gasteiger partial charge >= 0.3 is 6.03 Å². The van der Waals surface area contributed by atoms with Crippen molar-refractivity contribution in [1.29, 1.82) is 0 Å². The Kier molecular flexibility index (Phi) is 6.51. The normalized spacial score (nSPS) is 11.4. The first-order valence-electron chi connectivity index (χ1n) is 7.98. The average Bonchev–Trinajstić information content (AvgIpc) is 2.65. The molecular formula is C19H24N2O4. The number of hydrogen-bond acceptors (Lipinski definition) is 4. The number of benzene rings is 2. The first-order chi connectivity index (χ1) is 12.1. The van der Waals surface area contributed by atoms with Crippen LogP contribution >= 0.6 is 0 Å². The third kappa shape index (κ3) is 4.79. The Bertz CT molecular complexity index is 679. The van der Waals surface area contributed by atoms with Crippen molar-refractivity contribution >= 4 is 11.7 Å². The minimum absolute atomic E-state index is 0.215. The van der Waals surface area contributed by atoms with E-state index in [4.69, 9.17) is 14.2 Å². The van der Waals surface area contributed by atoms with Gasteiger partial charge in [-0.15, -0.1) is 0 Å². The Labute approximate surface area is 148 Å². The van der Waals surface area contributed by atoms with Crippen LogP contribution in [0.25, 0.3) is 0 Å². The maximum Gasteiger partial charge on any atom is 0.319 e. The minimum atomic E-state index is -0.294. The average molecular weight is 344 g/mol. The zero-order valence-corrected chi connectivity index (χ0v) is 15.0. The lowest BCUT2D eigenvalue weighted by Crippen LogP contribution is -2.31. The van der Waals surface area contributed by atoms with Crippen LogP contribution in [0.2, 0.25) is 0 Å². The maximum atomic E-state index is 12.2. The van der Waals surface area contributed by atoms with Crippen LogP contribution in [-0.4, -0.2) is 33.9 Å². The molecule has 2 N–H and O–H groups in total. The molecule has 0 radical (unpaired) electrons. The number of methoxy groups -OCH3 is 3. The van der Waals surface area contributed by atoms with Gasteiger partial charge in [-0.05, 0) is 11.5 Å². The fourth-order valence-electron chi connectivity index (χ4n) is 2.47. The minimum Gasteiger partial charge on any atom is -0.493 e. The van der Waals surface area contributed by atoms with Gasteiger partial charge in [-0.25, -0.2) is 4.79 Å². The van der Waals surface area contributed by atoms with E-state index < -0.39 is 0 Å². The van der Waals surface area contributed by atoms with Gasteiger partial charge in [0.05, 0.1) is 27.0 Å². The zero-order valence-electron chi connectivity index (χ0n) is 15.0. The first kappa shape index (κ1) is 18.4. The number of urea groups is 1. The molecule has 2 rings (SSSR count). The van der Waals surface area contributed by atoms with E-state index in [9.17, 15) is 4.79 Å². The van der Waals surface area contributed by atoms with E-state index in [1.54, 1.807) is 12.1 Å². The van der Waals surface area contributed by atoms with Crippen molar-refractivity contribution in [3.05, 3.63) is 48.0 Å². The fourth-order valence-corrected chi connectivity index (χ4v) is 2.47. The SMILES string of the molecule is COc1cc(NC(=O)NC[C@H](C)c2ccccc2)cc(OC)c1OC. The van der Waals surface area contributed by atoms with E-state index in [2.05, 4.69) is 17.6 Å². The smallest absolute Gasteiger partial charge is 0.319 e. The molecule has 0 fully saturated rings. The molecule has 0 saturated heterocycles. The van der Waals surface area contributed by atoms with E-state index in [0.717, 1.165) is 0 Å². The van der Waals surface area contributed by atoms with E-state index in [-0.39, 0.29) is 11.9 Å². The van der Waals surface area contributed by atoms with Crippen LogP contribution in [0.15, 0.2) is 42.5 Å². The van der Waals surface area contributed by atoms with Crippen LogP contribution in [0.5, 0.6) is 17.2 Å². The van der Waals surface area contributed by atoms with E-state index in [0.29, 0.717) is 29.5 Å². The number of amides is 2. The number of ether oxygens (including phenoxy) is 3. The number of rotatable bonds is 7. The molecule has 25 heavy (non-hydrogen) atoms. The molecule has 0 saturated carbocycles. The summed E-state index contributed by atoms with van der Waals surface area (Å²) in [6.45, 7) is 2.59. The summed E-state index contributed by atoms with van der Waals surface area (Å²) in [5, 5.41) is 5.65. The molecule has 0 aromatic heterocycles. The van der Waals surface area contributed by atoms with Crippen molar-refractivity contribution in [3.8, 4) is 17.2 Å². The molecule has 0 heterocycles. The summed E-state index contributed by atoms with van der Waals surface area (Å²) in [5.41, 5.74) is 1.73. The number of anilines is 1. The van der Waals surface area contributed by atoms with Crippen LogP contribution < -0.4 is 24.8 Å². The van der Waals surface area contributed by atoms with Crippen molar-refractivity contribution in [1.82, 2.24) is 5.32 Å². The molecule has 0 unspecified atom stereocenters. The molecule has 2 aromatic rings. The predicted octanol–water partition coefficient (Wildman–Crippen LogP) is 3.64. The Morgan fingerprint density at radius 3 is 2.12 bits per heavy atom. The Hall–Kier alpha value is -2.89. The van der Waals surface area contributed by atoms with Gasteiger partial charge in [0.1, 0.15) is 0 Å². The molecule has 0 aliphatic heterocycles. The second-order valence-electron chi connectivity index (χ2n) is 5.56. The second-order valence-corrected chi connectivity index (χ2v) is 5.56. The van der Waals surface area contributed by atoms with Gasteiger partial charge in [-0.3, -0.25) is 0 Å². The van der Waals surface area contributed by atoms with Gasteiger partial charge in [-0.2, -0.15) is 0 Å². The largest absolute Gasteiger partial charge is 0.493 e. The number of hydrogen-bond donors (Lipinski definition) is 2. The van der Waals surface area contributed by atoms with Crippen LogP contribution in [0.4, 0.5) is 10.5 Å². The molecular weight excluding hydrogens is 320 g/mol. The molecule has 1 atom stereocenters. The topological polar surface area (TPSA) is 68.8 Å². The Morgan fingerprint density at radius 2 is 1.60 bits per heavy atom. The predicted molar refractivity (Wildman–Crippen MR) is 98.0 cm³/mol. The lowest BCUT2D eigenvalue weighted by Gasteiger charge is -2.16. The number of carbonyl (C=O) groups excluding carboxylic acids is 1. The van der Waals surface area contributed by atoms with Crippen molar-refractivity contribution in [2.45, 2.75) is 12.8 Å². The lowest BCUT2D eigenvalue weighted by molar-refractivity contribution is 0.251. The van der Waals surface area contributed by atoms with Crippen molar-refractivity contribution in [2.75, 3.05) is 33.2 Å². The zero-order chi connectivity index (χ0) is 18.2. The van der Waals surface area contributed by atoms with E-state index in [1.165, 1.54) is 26.9 Å². The van der Waals surface area contributed by atoms with Gasteiger partial charge in [-0.1, -0.05) is 37.3 Å². The van der Waals surface area contributed by atoms with Gasteiger partial charge in [0.15, 0.2) is 11.5 Å². The standard InChI is InChI=1S/C19H24N2O4/c1-13(14-8-6-5-7-9-14)12-20-19(22)21-15-10-16(23-2)18(25-4)17(11-15)24-3/h5-11,13H,12H2,1-4H3,(H2,20,21,22)/t13-/m0/s1. The number of carbonyl (C=O) groups is 1. The van der Waals surface area contributed by atoms with E-state index in [1.807, 2.05) is 30.3 Å². The van der Waals surface area contributed by atoms with E-state index >= 15 is 0 Å². The molecule has 0 aliphatic carbocycles. The summed E-state index contributed by atoms with van der Waals surface area (Å²) >= 11 is 0. The van der Waals surface area contributed by atoms with Crippen molar-refractivity contribution < 1.29 is 19.0 Å². The summed E-state index contributed by atoms with van der Waals surface area (Å²) in [4.78, 5) is 12.2.